The van der Waals surface area contributed by atoms with Crippen molar-refractivity contribution in [2.45, 2.75) is 13.3 Å². The predicted octanol–water partition coefficient (Wildman–Crippen LogP) is 2.54. The molecule has 2 rings (SSSR count). The molecule has 1 amide bonds. The Morgan fingerprint density at radius 2 is 2.35 bits per heavy atom. The van der Waals surface area contributed by atoms with Crippen molar-refractivity contribution in [3.8, 4) is 0 Å². The number of nitrogens with one attached hydrogen (secondary N) is 1. The van der Waals surface area contributed by atoms with Crippen molar-refractivity contribution in [2.75, 3.05) is 5.32 Å². The number of nitrogens with zero attached hydrogens (tertiary/aromatic N) is 2. The van der Waals surface area contributed by atoms with Crippen molar-refractivity contribution < 1.29 is 9.21 Å². The summed E-state index contributed by atoms with van der Waals surface area (Å²) in [5.74, 6) is 0.662. The van der Waals surface area contributed by atoms with Crippen LogP contribution >= 0.6 is 11.6 Å². The van der Waals surface area contributed by atoms with E-state index in [2.05, 4.69) is 15.3 Å². The van der Waals surface area contributed by atoms with Crippen molar-refractivity contribution in [2.24, 2.45) is 0 Å². The normalized spacial score (nSPS) is 10.2. The third-order valence-corrected chi connectivity index (χ3v) is 2.34. The van der Waals surface area contributed by atoms with Gasteiger partial charge in [0.2, 0.25) is 0 Å². The minimum atomic E-state index is -0.285. The number of carbonyl (C=O) groups excluding carboxylic acids is 1. The highest BCUT2D eigenvalue weighted by atomic mass is 35.5. The zero-order valence-corrected chi connectivity index (χ0v) is 9.86. The molecule has 5 nitrogen and oxygen atoms in total. The molecule has 0 saturated heterocycles. The fourth-order valence-corrected chi connectivity index (χ4v) is 1.55. The van der Waals surface area contributed by atoms with Gasteiger partial charge in [0, 0.05) is 6.42 Å². The van der Waals surface area contributed by atoms with Gasteiger partial charge in [-0.25, -0.2) is 4.98 Å². The van der Waals surface area contributed by atoms with Gasteiger partial charge in [-0.05, 0) is 6.07 Å². The van der Waals surface area contributed by atoms with Gasteiger partial charge in [-0.2, -0.15) is 0 Å². The van der Waals surface area contributed by atoms with Crippen LogP contribution in [-0.4, -0.2) is 15.9 Å². The molecule has 2 heterocycles. The average molecular weight is 252 g/mol. The van der Waals surface area contributed by atoms with E-state index in [-0.39, 0.29) is 11.1 Å². The Balaban J connectivity index is 2.17. The van der Waals surface area contributed by atoms with Crippen LogP contribution in [0.4, 0.5) is 5.82 Å². The van der Waals surface area contributed by atoms with Gasteiger partial charge in [-0.1, -0.05) is 18.5 Å². The quantitative estimate of drug-likeness (QED) is 0.910. The number of carbonyl (C=O) groups is 1. The molecule has 17 heavy (non-hydrogen) atoms. The average Bonchev–Trinajstić information content (AvgIpc) is 2.77. The van der Waals surface area contributed by atoms with Crippen molar-refractivity contribution in [3.63, 3.8) is 0 Å². The van der Waals surface area contributed by atoms with Crippen LogP contribution in [0.5, 0.6) is 0 Å². The van der Waals surface area contributed by atoms with E-state index in [1.165, 1.54) is 18.7 Å². The van der Waals surface area contributed by atoms with Crippen molar-refractivity contribution >= 4 is 23.3 Å². The highest BCUT2D eigenvalue weighted by Gasteiger charge is 2.13. The maximum absolute atomic E-state index is 11.9. The Hall–Kier alpha value is -1.88. The molecule has 0 fully saturated rings. The number of aryl methyl sites for hydroxylation is 1. The van der Waals surface area contributed by atoms with Crippen LogP contribution in [0.2, 0.25) is 5.15 Å². The maximum atomic E-state index is 11.9. The van der Waals surface area contributed by atoms with E-state index in [0.717, 1.165) is 0 Å². The molecule has 0 saturated carbocycles. The van der Waals surface area contributed by atoms with Crippen LogP contribution in [0.1, 0.15) is 23.0 Å². The van der Waals surface area contributed by atoms with Gasteiger partial charge < -0.3 is 9.73 Å². The summed E-state index contributed by atoms with van der Waals surface area (Å²) in [5.41, 5.74) is 0.495. The molecule has 0 aliphatic carbocycles. The maximum Gasteiger partial charge on any atom is 0.260 e. The molecule has 0 aromatic carbocycles. The molecule has 0 aliphatic heterocycles. The summed E-state index contributed by atoms with van der Waals surface area (Å²) in [6, 6.07) is 1.62. The van der Waals surface area contributed by atoms with Gasteiger partial charge in [-0.15, -0.1) is 0 Å². The Morgan fingerprint density at radius 3 is 3.06 bits per heavy atom. The molecule has 88 valence electrons. The molecule has 1 N–H and O–H groups in total. The zero-order valence-electron chi connectivity index (χ0n) is 9.11. The number of amides is 1. The molecule has 2 aromatic heterocycles. The number of halogens is 1. The lowest BCUT2D eigenvalue weighted by Crippen LogP contribution is -2.14. The third-order valence-electron chi connectivity index (χ3n) is 2.16. The highest BCUT2D eigenvalue weighted by Crippen LogP contribution is 2.14. The molecule has 0 bridgehead atoms. The Morgan fingerprint density at radius 1 is 1.53 bits per heavy atom. The number of furan rings is 1. The molecule has 6 heteroatoms. The van der Waals surface area contributed by atoms with Crippen LogP contribution < -0.4 is 5.32 Å². The van der Waals surface area contributed by atoms with Crippen LogP contribution in [0.3, 0.4) is 0 Å². The highest BCUT2D eigenvalue weighted by molar-refractivity contribution is 6.29. The molecule has 0 unspecified atom stereocenters. The monoisotopic (exact) mass is 251 g/mol. The van der Waals surface area contributed by atoms with Crippen LogP contribution in [0, 0.1) is 0 Å². The standard InChI is InChI=1S/C11H10ClN3O2/c1-2-8-7(3-4-17-8)11(16)15-10-6-13-5-9(12)14-10/h3-6H,2H2,1H3,(H,14,15,16). The van der Waals surface area contributed by atoms with Crippen LogP contribution in [0.25, 0.3) is 0 Å². The van der Waals surface area contributed by atoms with Crippen molar-refractivity contribution in [3.05, 3.63) is 41.2 Å². The van der Waals surface area contributed by atoms with E-state index >= 15 is 0 Å². The summed E-state index contributed by atoms with van der Waals surface area (Å²) in [7, 11) is 0. The van der Waals surface area contributed by atoms with Gasteiger partial charge in [0.25, 0.3) is 5.91 Å². The number of hydrogen-bond acceptors (Lipinski definition) is 4. The first-order chi connectivity index (χ1) is 8.20. The van der Waals surface area contributed by atoms with Gasteiger partial charge >= 0.3 is 0 Å². The van der Waals surface area contributed by atoms with E-state index in [1.54, 1.807) is 6.07 Å². The summed E-state index contributed by atoms with van der Waals surface area (Å²) in [4.78, 5) is 19.6. The second kappa shape index (κ2) is 4.97. The summed E-state index contributed by atoms with van der Waals surface area (Å²) in [6.45, 7) is 1.91. The fourth-order valence-electron chi connectivity index (χ4n) is 1.40. The first-order valence-corrected chi connectivity index (χ1v) is 5.43. The summed E-state index contributed by atoms with van der Waals surface area (Å²) in [6.07, 6.45) is 4.95. The molecule has 0 atom stereocenters. The second-order valence-corrected chi connectivity index (χ2v) is 3.68. The summed E-state index contributed by atoms with van der Waals surface area (Å²) < 4.78 is 5.17. The summed E-state index contributed by atoms with van der Waals surface area (Å²) in [5, 5.41) is 2.83. The fraction of sp³-hybridized carbons (Fsp3) is 0.182. The third kappa shape index (κ3) is 2.62. The molecule has 0 spiro atoms. The minimum absolute atomic E-state index is 0.228. The van der Waals surface area contributed by atoms with E-state index in [4.69, 9.17) is 16.0 Å². The van der Waals surface area contributed by atoms with Crippen LogP contribution in [0.15, 0.2) is 29.1 Å². The predicted molar refractivity (Wildman–Crippen MR) is 63.1 cm³/mol. The number of hydrogen-bond donors (Lipinski definition) is 1. The minimum Gasteiger partial charge on any atom is -0.469 e. The van der Waals surface area contributed by atoms with Crippen molar-refractivity contribution in [1.29, 1.82) is 0 Å². The molecular weight excluding hydrogens is 242 g/mol. The SMILES string of the molecule is CCc1occc1C(=O)Nc1cncc(Cl)n1. The Labute approximate surface area is 103 Å². The van der Waals surface area contributed by atoms with E-state index < -0.39 is 0 Å². The van der Waals surface area contributed by atoms with E-state index in [9.17, 15) is 4.79 Å². The molecular formula is C11H10ClN3O2. The number of anilines is 1. The molecule has 2 aromatic rings. The Kier molecular flexibility index (Phi) is 3.39. The lowest BCUT2D eigenvalue weighted by Gasteiger charge is -2.03. The number of rotatable bonds is 3. The first kappa shape index (κ1) is 11.6. The number of aromatic nitrogens is 2. The van der Waals surface area contributed by atoms with Gasteiger partial charge in [0.05, 0.1) is 24.2 Å². The van der Waals surface area contributed by atoms with Crippen LogP contribution in [-0.2, 0) is 6.42 Å². The largest absolute Gasteiger partial charge is 0.469 e. The van der Waals surface area contributed by atoms with Gasteiger partial charge in [-0.3, -0.25) is 9.78 Å². The topological polar surface area (TPSA) is 68.0 Å². The smallest absolute Gasteiger partial charge is 0.260 e. The zero-order chi connectivity index (χ0) is 12.3. The van der Waals surface area contributed by atoms with E-state index in [0.29, 0.717) is 23.6 Å². The van der Waals surface area contributed by atoms with E-state index in [1.807, 2.05) is 6.92 Å². The molecule has 0 radical (unpaired) electrons. The Bertz CT molecular complexity index is 539. The van der Waals surface area contributed by atoms with Gasteiger partial charge in [0.15, 0.2) is 5.82 Å². The lowest BCUT2D eigenvalue weighted by atomic mass is 10.2. The molecule has 0 aliphatic rings. The first-order valence-electron chi connectivity index (χ1n) is 5.06. The van der Waals surface area contributed by atoms with Gasteiger partial charge in [0.1, 0.15) is 10.9 Å². The summed E-state index contributed by atoms with van der Waals surface area (Å²) >= 11 is 5.67. The van der Waals surface area contributed by atoms with Crippen molar-refractivity contribution in [1.82, 2.24) is 9.97 Å². The second-order valence-electron chi connectivity index (χ2n) is 3.29. The lowest BCUT2D eigenvalue weighted by molar-refractivity contribution is 0.102.